The summed E-state index contributed by atoms with van der Waals surface area (Å²) in [6.45, 7) is 2.83. The van der Waals surface area contributed by atoms with Crippen molar-refractivity contribution in [2.45, 2.75) is 56.0 Å². The average molecular weight is 413 g/mol. The van der Waals surface area contributed by atoms with Gasteiger partial charge in [0.1, 0.15) is 0 Å². The molecular formula is C21H33ClN2O2S. The lowest BCUT2D eigenvalue weighted by Crippen LogP contribution is -2.49. The molecule has 152 valence electrons. The van der Waals surface area contributed by atoms with Crippen LogP contribution in [0.15, 0.2) is 29.2 Å². The lowest BCUT2D eigenvalue weighted by atomic mass is 9.65. The van der Waals surface area contributed by atoms with E-state index in [-0.39, 0.29) is 30.3 Å². The molecular weight excluding hydrogens is 380 g/mol. The second kappa shape index (κ2) is 10.7. The first-order valence-corrected chi connectivity index (χ1v) is 10.8. The number of amides is 1. The van der Waals surface area contributed by atoms with Crippen LogP contribution in [0.25, 0.3) is 0 Å². The summed E-state index contributed by atoms with van der Waals surface area (Å²) in [4.78, 5) is 14.0. The van der Waals surface area contributed by atoms with E-state index in [0.717, 1.165) is 30.8 Å². The van der Waals surface area contributed by atoms with Crippen LogP contribution in [0.1, 0.15) is 50.6 Å². The first-order valence-electron chi connectivity index (χ1n) is 9.86. The van der Waals surface area contributed by atoms with E-state index in [1.54, 1.807) is 18.9 Å². The third kappa shape index (κ3) is 5.86. The minimum absolute atomic E-state index is 0. The molecule has 2 aliphatic carbocycles. The van der Waals surface area contributed by atoms with Gasteiger partial charge in [-0.1, -0.05) is 18.6 Å². The summed E-state index contributed by atoms with van der Waals surface area (Å²) in [5.74, 6) is 2.37. The molecule has 1 aromatic carbocycles. The van der Waals surface area contributed by atoms with Crippen LogP contribution in [0.2, 0.25) is 0 Å². The molecule has 2 fully saturated rings. The molecule has 27 heavy (non-hydrogen) atoms. The number of nitrogens with two attached hydrogens (primary N) is 1. The van der Waals surface area contributed by atoms with Crippen LogP contribution in [-0.4, -0.2) is 31.4 Å². The van der Waals surface area contributed by atoms with Crippen molar-refractivity contribution in [3.63, 3.8) is 0 Å². The molecule has 6 heteroatoms. The number of rotatable bonds is 7. The molecule has 2 saturated carbocycles. The van der Waals surface area contributed by atoms with Crippen molar-refractivity contribution in [3.8, 4) is 0 Å². The van der Waals surface area contributed by atoms with Gasteiger partial charge in [0.25, 0.3) is 0 Å². The van der Waals surface area contributed by atoms with Crippen LogP contribution in [-0.2, 0) is 9.53 Å². The van der Waals surface area contributed by atoms with Crippen molar-refractivity contribution in [1.82, 2.24) is 5.32 Å². The number of benzene rings is 1. The van der Waals surface area contributed by atoms with Crippen LogP contribution < -0.4 is 11.1 Å². The molecule has 1 aromatic rings. The number of methoxy groups -OCH3 is 1. The zero-order valence-corrected chi connectivity index (χ0v) is 18.0. The van der Waals surface area contributed by atoms with Crippen molar-refractivity contribution in [2.75, 3.05) is 19.5 Å². The van der Waals surface area contributed by atoms with Crippen LogP contribution in [0.3, 0.4) is 0 Å². The molecule has 2 aliphatic rings. The Morgan fingerprint density at radius 1 is 1.26 bits per heavy atom. The fraction of sp³-hybridized carbons (Fsp3) is 0.667. The molecule has 3 rings (SSSR count). The van der Waals surface area contributed by atoms with E-state index in [9.17, 15) is 4.79 Å². The summed E-state index contributed by atoms with van der Waals surface area (Å²) >= 11 is 1.79. The summed E-state index contributed by atoms with van der Waals surface area (Å²) in [7, 11) is 1.72. The smallest absolute Gasteiger partial charge is 0.223 e. The Morgan fingerprint density at radius 3 is 2.48 bits per heavy atom. The fourth-order valence-corrected chi connectivity index (χ4v) is 5.33. The highest BCUT2D eigenvalue weighted by atomic mass is 35.5. The van der Waals surface area contributed by atoms with E-state index in [1.165, 1.54) is 24.2 Å². The highest BCUT2D eigenvalue weighted by Crippen LogP contribution is 2.42. The summed E-state index contributed by atoms with van der Waals surface area (Å²) in [5, 5.41) is 3.24. The van der Waals surface area contributed by atoms with Crippen molar-refractivity contribution < 1.29 is 9.53 Å². The molecule has 0 heterocycles. The van der Waals surface area contributed by atoms with E-state index in [0.29, 0.717) is 17.9 Å². The lowest BCUT2D eigenvalue weighted by Gasteiger charge is -2.43. The number of carbonyl (C=O) groups excluding carboxylic acids is 1. The second-order valence-corrected chi connectivity index (χ2v) is 9.01. The van der Waals surface area contributed by atoms with Crippen molar-refractivity contribution >= 4 is 30.1 Å². The van der Waals surface area contributed by atoms with Gasteiger partial charge in [-0.15, -0.1) is 24.2 Å². The number of fused-ring (bicyclic) bond motifs is 2. The fourth-order valence-electron chi connectivity index (χ4n) is 4.51. The number of hydrogen-bond donors (Lipinski definition) is 2. The van der Waals surface area contributed by atoms with Gasteiger partial charge in [0.15, 0.2) is 0 Å². The Hall–Kier alpha value is -0.750. The van der Waals surface area contributed by atoms with Gasteiger partial charge in [0, 0.05) is 29.7 Å². The predicted molar refractivity (Wildman–Crippen MR) is 114 cm³/mol. The van der Waals surface area contributed by atoms with E-state index in [4.69, 9.17) is 10.5 Å². The first-order chi connectivity index (χ1) is 12.6. The van der Waals surface area contributed by atoms with E-state index in [1.807, 2.05) is 0 Å². The predicted octanol–water partition coefficient (Wildman–Crippen LogP) is 4.18. The molecule has 3 atom stereocenters. The van der Waals surface area contributed by atoms with Gasteiger partial charge in [-0.05, 0) is 62.1 Å². The van der Waals surface area contributed by atoms with Gasteiger partial charge in [-0.2, -0.15) is 0 Å². The molecule has 3 N–H and O–H groups in total. The Labute approximate surface area is 173 Å². The van der Waals surface area contributed by atoms with Gasteiger partial charge < -0.3 is 15.8 Å². The van der Waals surface area contributed by atoms with E-state index < -0.39 is 0 Å². The zero-order valence-electron chi connectivity index (χ0n) is 16.4. The molecule has 0 aromatic heterocycles. The number of thioether (sulfide) groups is 1. The third-order valence-electron chi connectivity index (χ3n) is 6.08. The Morgan fingerprint density at radius 2 is 1.89 bits per heavy atom. The maximum absolute atomic E-state index is 12.8. The van der Waals surface area contributed by atoms with Crippen molar-refractivity contribution in [2.24, 2.45) is 23.5 Å². The Bertz CT molecular complexity index is 584. The molecule has 3 unspecified atom stereocenters. The summed E-state index contributed by atoms with van der Waals surface area (Å²) < 4.78 is 5.08. The summed E-state index contributed by atoms with van der Waals surface area (Å²) in [5.41, 5.74) is 7.51. The SMILES string of the molecule is COCCSc1ccc(C(C)NC(=O)C2CC3CCCC(C2)C3N)cc1.Cl. The molecule has 0 radical (unpaired) electrons. The van der Waals surface area contributed by atoms with Crippen LogP contribution >= 0.6 is 24.2 Å². The molecule has 1 amide bonds. The van der Waals surface area contributed by atoms with E-state index >= 15 is 0 Å². The van der Waals surface area contributed by atoms with Gasteiger partial charge in [-0.3, -0.25) is 4.79 Å². The summed E-state index contributed by atoms with van der Waals surface area (Å²) in [6.07, 6.45) is 5.59. The van der Waals surface area contributed by atoms with Gasteiger partial charge in [0.05, 0.1) is 12.6 Å². The Kier molecular flexibility index (Phi) is 8.93. The topological polar surface area (TPSA) is 64.3 Å². The standard InChI is InChI=1S/C21H32N2O2S.ClH/c1-14(15-6-8-19(9-7-15)26-11-10-25-2)23-21(24)18-12-16-4-3-5-17(13-18)20(16)22;/h6-9,14,16-18,20H,3-5,10-13,22H2,1-2H3,(H,23,24);1H. The lowest BCUT2D eigenvalue weighted by molar-refractivity contribution is -0.128. The quantitative estimate of drug-likeness (QED) is 0.520. The molecule has 0 spiro atoms. The van der Waals surface area contributed by atoms with Crippen molar-refractivity contribution in [3.05, 3.63) is 29.8 Å². The first kappa shape index (κ1) is 22.5. The number of halogens is 1. The highest BCUT2D eigenvalue weighted by Gasteiger charge is 2.40. The van der Waals surface area contributed by atoms with Crippen LogP contribution in [0, 0.1) is 17.8 Å². The van der Waals surface area contributed by atoms with Gasteiger partial charge >= 0.3 is 0 Å². The average Bonchev–Trinajstić information content (AvgIpc) is 2.62. The number of carbonyl (C=O) groups is 1. The minimum Gasteiger partial charge on any atom is -0.384 e. The van der Waals surface area contributed by atoms with Crippen LogP contribution in [0.5, 0.6) is 0 Å². The number of ether oxygens (including phenoxy) is 1. The molecule has 0 saturated heterocycles. The number of nitrogens with one attached hydrogen (secondary N) is 1. The summed E-state index contributed by atoms with van der Waals surface area (Å²) in [6, 6.07) is 8.84. The Balaban J connectivity index is 0.00000261. The number of hydrogen-bond acceptors (Lipinski definition) is 4. The third-order valence-corrected chi connectivity index (χ3v) is 7.06. The zero-order chi connectivity index (χ0) is 18.5. The molecule has 2 bridgehead atoms. The normalized spacial score (nSPS) is 28.1. The largest absolute Gasteiger partial charge is 0.384 e. The monoisotopic (exact) mass is 412 g/mol. The van der Waals surface area contributed by atoms with Gasteiger partial charge in [-0.25, -0.2) is 0 Å². The molecule has 0 aliphatic heterocycles. The van der Waals surface area contributed by atoms with Crippen LogP contribution in [0.4, 0.5) is 0 Å². The van der Waals surface area contributed by atoms with Crippen molar-refractivity contribution in [1.29, 1.82) is 0 Å². The second-order valence-electron chi connectivity index (χ2n) is 7.84. The maximum Gasteiger partial charge on any atom is 0.223 e. The maximum atomic E-state index is 12.8. The van der Waals surface area contributed by atoms with Gasteiger partial charge in [0.2, 0.25) is 5.91 Å². The van der Waals surface area contributed by atoms with E-state index in [2.05, 4.69) is 36.5 Å². The minimum atomic E-state index is 0. The molecule has 4 nitrogen and oxygen atoms in total. The highest BCUT2D eigenvalue weighted by molar-refractivity contribution is 7.99.